The van der Waals surface area contributed by atoms with Crippen LogP contribution in [0.2, 0.25) is 0 Å². The Morgan fingerprint density at radius 3 is 2.47 bits per heavy atom. The van der Waals surface area contributed by atoms with Gasteiger partial charge in [0, 0.05) is 29.8 Å². The van der Waals surface area contributed by atoms with Gasteiger partial charge in [0.15, 0.2) is 5.75 Å². The molecule has 1 heterocycles. The number of carboxylic acid groups (broad SMARTS) is 1. The lowest BCUT2D eigenvalue weighted by molar-refractivity contribution is 0.144. The SMILES string of the molecule is CN(C)Cc1c(O)c(Br)cc2c1c(OC(=O)O)c(CSc1ccccc1)n2C.Cl.O. The highest BCUT2D eigenvalue weighted by Crippen LogP contribution is 2.44. The third kappa shape index (κ3) is 5.41. The van der Waals surface area contributed by atoms with Gasteiger partial charge < -0.3 is 29.9 Å². The zero-order valence-corrected chi connectivity index (χ0v) is 19.9. The minimum atomic E-state index is -1.38. The van der Waals surface area contributed by atoms with Crippen molar-refractivity contribution in [2.24, 2.45) is 7.05 Å². The van der Waals surface area contributed by atoms with Crippen molar-refractivity contribution in [2.45, 2.75) is 17.2 Å². The van der Waals surface area contributed by atoms with E-state index in [4.69, 9.17) is 4.74 Å². The average Bonchev–Trinajstić information content (AvgIpc) is 2.88. The number of carbonyl (C=O) groups is 1. The van der Waals surface area contributed by atoms with Gasteiger partial charge in [0.1, 0.15) is 5.75 Å². The predicted octanol–water partition coefficient (Wildman–Crippen LogP) is 4.65. The lowest BCUT2D eigenvalue weighted by Crippen LogP contribution is -2.12. The van der Waals surface area contributed by atoms with Crippen LogP contribution >= 0.6 is 40.1 Å². The Morgan fingerprint density at radius 1 is 1.27 bits per heavy atom. The van der Waals surface area contributed by atoms with E-state index in [1.54, 1.807) is 17.8 Å². The summed E-state index contributed by atoms with van der Waals surface area (Å²) in [4.78, 5) is 14.4. The molecule has 0 aliphatic carbocycles. The molecule has 0 radical (unpaired) electrons. The van der Waals surface area contributed by atoms with Crippen molar-refractivity contribution in [2.75, 3.05) is 14.1 Å². The second-order valence-corrected chi connectivity index (χ2v) is 8.53. The molecule has 0 saturated heterocycles. The third-order valence-corrected chi connectivity index (χ3v) is 6.00. The van der Waals surface area contributed by atoms with E-state index in [9.17, 15) is 15.0 Å². The number of benzene rings is 2. The van der Waals surface area contributed by atoms with Crippen LogP contribution in [0, 0.1) is 0 Å². The van der Waals surface area contributed by atoms with Crippen LogP contribution < -0.4 is 4.74 Å². The number of rotatable bonds is 6. The number of aryl methyl sites for hydroxylation is 1. The van der Waals surface area contributed by atoms with Crippen LogP contribution in [0.25, 0.3) is 10.9 Å². The highest BCUT2D eigenvalue weighted by molar-refractivity contribution is 9.10. The Bertz CT molecular complexity index is 1030. The van der Waals surface area contributed by atoms with Crippen molar-refractivity contribution in [3.8, 4) is 11.5 Å². The standard InChI is InChI=1S/C20H21BrN2O4S.ClH.H2O/c1-22(2)10-13-17-15(9-14(21)18(13)24)23(3)16(19(17)27-20(25)26)11-28-12-7-5-4-6-8-12;;/h4-9,24H,10-11H2,1-3H3,(H,25,26);1H;1H2. The summed E-state index contributed by atoms with van der Waals surface area (Å²) in [6, 6.07) is 11.7. The topological polar surface area (TPSA) is 106 Å². The summed E-state index contributed by atoms with van der Waals surface area (Å²) in [5.74, 6) is 0.884. The summed E-state index contributed by atoms with van der Waals surface area (Å²) in [5, 5.41) is 20.6. The first-order valence-electron chi connectivity index (χ1n) is 8.54. The number of hydrogen-bond acceptors (Lipinski definition) is 5. The average molecular weight is 520 g/mol. The number of aromatic hydroxyl groups is 1. The van der Waals surface area contributed by atoms with Crippen molar-refractivity contribution in [3.05, 3.63) is 52.1 Å². The fourth-order valence-corrected chi connectivity index (χ4v) is 4.57. The van der Waals surface area contributed by atoms with Gasteiger partial charge in [-0.05, 0) is 48.2 Å². The van der Waals surface area contributed by atoms with Crippen LogP contribution in [-0.2, 0) is 19.3 Å². The number of phenols is 1. The molecule has 0 unspecified atom stereocenters. The Kier molecular flexibility index (Phi) is 9.51. The molecule has 10 heteroatoms. The van der Waals surface area contributed by atoms with Crippen molar-refractivity contribution in [1.29, 1.82) is 0 Å². The molecule has 0 spiro atoms. The fourth-order valence-electron chi connectivity index (χ4n) is 3.14. The number of thioether (sulfide) groups is 1. The third-order valence-electron chi connectivity index (χ3n) is 4.37. The summed E-state index contributed by atoms with van der Waals surface area (Å²) < 4.78 is 7.70. The number of halogens is 2. The molecule has 0 atom stereocenters. The Labute approximate surface area is 193 Å². The molecule has 0 fully saturated rings. The molecule has 30 heavy (non-hydrogen) atoms. The van der Waals surface area contributed by atoms with Crippen molar-refractivity contribution in [3.63, 3.8) is 0 Å². The van der Waals surface area contributed by atoms with E-state index in [1.165, 1.54) is 0 Å². The van der Waals surface area contributed by atoms with Gasteiger partial charge in [0.25, 0.3) is 0 Å². The first kappa shape index (κ1) is 26.1. The monoisotopic (exact) mass is 518 g/mol. The first-order chi connectivity index (χ1) is 13.3. The highest BCUT2D eigenvalue weighted by atomic mass is 79.9. The molecule has 4 N–H and O–H groups in total. The minimum Gasteiger partial charge on any atom is -0.506 e. The van der Waals surface area contributed by atoms with Gasteiger partial charge in [-0.3, -0.25) is 0 Å². The Hall–Kier alpha value is -1.91. The fraction of sp³-hybridized carbons (Fsp3) is 0.250. The lowest BCUT2D eigenvalue weighted by atomic mass is 10.1. The largest absolute Gasteiger partial charge is 0.511 e. The minimum absolute atomic E-state index is 0. The molecule has 164 valence electrons. The lowest BCUT2D eigenvalue weighted by Gasteiger charge is -2.14. The molecule has 0 saturated carbocycles. The number of hydrogen-bond donors (Lipinski definition) is 2. The van der Waals surface area contributed by atoms with Crippen molar-refractivity contribution < 1.29 is 25.2 Å². The quantitative estimate of drug-likeness (QED) is 0.362. The van der Waals surface area contributed by atoms with Gasteiger partial charge >= 0.3 is 6.16 Å². The van der Waals surface area contributed by atoms with E-state index in [0.717, 1.165) is 16.1 Å². The maximum atomic E-state index is 11.4. The van der Waals surface area contributed by atoms with Gasteiger partial charge in [0.05, 0.1) is 21.1 Å². The van der Waals surface area contributed by atoms with Crippen LogP contribution in [-0.4, -0.2) is 45.4 Å². The molecule has 0 aliphatic heterocycles. The van der Waals surface area contributed by atoms with Gasteiger partial charge in [-0.25, -0.2) is 4.79 Å². The molecule has 3 aromatic rings. The summed E-state index contributed by atoms with van der Waals surface area (Å²) in [6.45, 7) is 0.438. The number of nitrogens with zero attached hydrogens (tertiary/aromatic N) is 2. The molecular formula is C20H24BrClN2O5S. The summed E-state index contributed by atoms with van der Waals surface area (Å²) >= 11 is 5.00. The first-order valence-corrected chi connectivity index (χ1v) is 10.3. The van der Waals surface area contributed by atoms with Gasteiger partial charge in [0.2, 0.25) is 0 Å². The highest BCUT2D eigenvalue weighted by Gasteiger charge is 2.25. The van der Waals surface area contributed by atoms with E-state index in [2.05, 4.69) is 15.9 Å². The molecule has 3 rings (SSSR count). The molecule has 2 aromatic carbocycles. The van der Waals surface area contributed by atoms with E-state index in [1.807, 2.05) is 60.9 Å². The summed E-state index contributed by atoms with van der Waals surface area (Å²) in [5.41, 5.74) is 2.15. The normalized spacial score (nSPS) is 10.6. The predicted molar refractivity (Wildman–Crippen MR) is 125 cm³/mol. The molecule has 0 aliphatic rings. The van der Waals surface area contributed by atoms with E-state index in [0.29, 0.717) is 27.7 Å². The maximum Gasteiger partial charge on any atom is 0.511 e. The molecule has 0 amide bonds. The Morgan fingerprint density at radius 2 is 1.90 bits per heavy atom. The number of fused-ring (bicyclic) bond motifs is 1. The van der Waals surface area contributed by atoms with Crippen LogP contribution in [0.4, 0.5) is 4.79 Å². The van der Waals surface area contributed by atoms with E-state index < -0.39 is 6.16 Å². The summed E-state index contributed by atoms with van der Waals surface area (Å²) in [6.07, 6.45) is -1.38. The Balaban J connectivity index is 0.00000225. The van der Waals surface area contributed by atoms with Crippen molar-refractivity contribution in [1.82, 2.24) is 9.47 Å². The second-order valence-electron chi connectivity index (χ2n) is 6.62. The van der Waals surface area contributed by atoms with Crippen molar-refractivity contribution >= 4 is 57.2 Å². The number of phenolic OH excluding ortho intramolecular Hbond substituents is 1. The molecule has 0 bridgehead atoms. The van der Waals surface area contributed by atoms with Crippen LogP contribution in [0.3, 0.4) is 0 Å². The second kappa shape index (κ2) is 10.9. The number of aromatic nitrogens is 1. The molecule has 7 nitrogen and oxygen atoms in total. The number of ether oxygens (including phenoxy) is 1. The van der Waals surface area contributed by atoms with Gasteiger partial charge in [-0.2, -0.15) is 0 Å². The summed E-state index contributed by atoms with van der Waals surface area (Å²) in [7, 11) is 5.65. The van der Waals surface area contributed by atoms with Gasteiger partial charge in [-0.1, -0.05) is 18.2 Å². The van der Waals surface area contributed by atoms with Crippen LogP contribution in [0.15, 0.2) is 45.8 Å². The zero-order valence-electron chi connectivity index (χ0n) is 16.7. The molecule has 1 aromatic heterocycles. The van der Waals surface area contributed by atoms with E-state index >= 15 is 0 Å². The zero-order chi connectivity index (χ0) is 20.4. The van der Waals surface area contributed by atoms with Crippen LogP contribution in [0.5, 0.6) is 11.5 Å². The molecular weight excluding hydrogens is 496 g/mol. The smallest absolute Gasteiger partial charge is 0.506 e. The maximum absolute atomic E-state index is 11.4. The van der Waals surface area contributed by atoms with Crippen LogP contribution in [0.1, 0.15) is 11.3 Å². The van der Waals surface area contributed by atoms with E-state index in [-0.39, 0.29) is 29.4 Å². The van der Waals surface area contributed by atoms with Gasteiger partial charge in [-0.15, -0.1) is 24.2 Å².